The van der Waals surface area contributed by atoms with Gasteiger partial charge in [-0.05, 0) is 12.5 Å². The second-order valence-electron chi connectivity index (χ2n) is 5.70. The van der Waals surface area contributed by atoms with Crippen LogP contribution in [0.1, 0.15) is 34.0 Å². The summed E-state index contributed by atoms with van der Waals surface area (Å²) in [6.07, 6.45) is -2.21. The molecular weight excluding hydrogens is 328 g/mol. The molecule has 0 saturated heterocycles. The van der Waals surface area contributed by atoms with Crippen LogP contribution in [0.5, 0.6) is 0 Å². The van der Waals surface area contributed by atoms with E-state index in [0.29, 0.717) is 5.56 Å². The van der Waals surface area contributed by atoms with Gasteiger partial charge in [0.05, 0.1) is 13.0 Å². The molecule has 2 rings (SSSR count). The minimum Gasteiger partial charge on any atom is -0.456 e. The van der Waals surface area contributed by atoms with E-state index in [-0.39, 0.29) is 5.56 Å². The van der Waals surface area contributed by atoms with Crippen LogP contribution in [0, 0.1) is 6.92 Å². The molecule has 6 heteroatoms. The van der Waals surface area contributed by atoms with Crippen LogP contribution in [0.4, 0.5) is 8.78 Å². The van der Waals surface area contributed by atoms with Crippen LogP contribution in [0.2, 0.25) is 0 Å². The fourth-order valence-corrected chi connectivity index (χ4v) is 2.34. The maximum absolute atomic E-state index is 14.5. The maximum Gasteiger partial charge on any atom is 0.320 e. The zero-order valence-corrected chi connectivity index (χ0v) is 13.7. The van der Waals surface area contributed by atoms with Crippen LogP contribution < -0.4 is 5.73 Å². The summed E-state index contributed by atoms with van der Waals surface area (Å²) >= 11 is 0. The lowest BCUT2D eigenvalue weighted by Gasteiger charge is -2.23. The Morgan fingerprint density at radius 1 is 1.08 bits per heavy atom. The van der Waals surface area contributed by atoms with E-state index in [0.717, 1.165) is 5.56 Å². The highest BCUT2D eigenvalue weighted by atomic mass is 19.3. The van der Waals surface area contributed by atoms with Gasteiger partial charge in [-0.2, -0.15) is 8.78 Å². The van der Waals surface area contributed by atoms with Crippen molar-refractivity contribution in [1.82, 2.24) is 0 Å². The summed E-state index contributed by atoms with van der Waals surface area (Å²) in [4.78, 5) is 23.6. The Kier molecular flexibility index (Phi) is 5.98. The molecule has 2 aromatic carbocycles. The molecule has 4 nitrogen and oxygen atoms in total. The molecule has 0 spiro atoms. The predicted molar refractivity (Wildman–Crippen MR) is 89.4 cm³/mol. The summed E-state index contributed by atoms with van der Waals surface area (Å²) in [6, 6.07) is 13.9. The van der Waals surface area contributed by atoms with Crippen LogP contribution in [-0.4, -0.2) is 24.2 Å². The maximum atomic E-state index is 14.5. The number of benzene rings is 2. The van der Waals surface area contributed by atoms with Gasteiger partial charge in [0, 0.05) is 5.56 Å². The number of rotatable bonds is 7. The number of alkyl halides is 2. The Labute approximate surface area is 144 Å². The Bertz CT molecular complexity index is 730. The largest absolute Gasteiger partial charge is 0.456 e. The van der Waals surface area contributed by atoms with Gasteiger partial charge in [0.1, 0.15) is 6.10 Å². The first-order valence-electron chi connectivity index (χ1n) is 7.77. The van der Waals surface area contributed by atoms with Gasteiger partial charge >= 0.3 is 11.9 Å². The summed E-state index contributed by atoms with van der Waals surface area (Å²) in [5, 5.41) is 0. The number of ketones is 1. The van der Waals surface area contributed by atoms with Crippen molar-refractivity contribution in [2.45, 2.75) is 25.4 Å². The van der Waals surface area contributed by atoms with E-state index in [1.54, 1.807) is 30.3 Å². The smallest absolute Gasteiger partial charge is 0.320 e. The fourth-order valence-electron chi connectivity index (χ4n) is 2.34. The first-order chi connectivity index (χ1) is 11.8. The Morgan fingerprint density at radius 3 is 2.24 bits per heavy atom. The molecule has 0 amide bonds. The minimum absolute atomic E-state index is 0.0969. The molecule has 2 aromatic rings. The van der Waals surface area contributed by atoms with Gasteiger partial charge in [0.15, 0.2) is 0 Å². The van der Waals surface area contributed by atoms with E-state index in [1.165, 1.54) is 24.3 Å². The standard InChI is InChI=1S/C19H19F2NO3/c1-13-7-9-14(10-8-13)16(25-17(23)12-22)11-19(20,21)18(24)15-5-3-2-4-6-15/h2-10,16H,11-12,22H2,1H3. The highest BCUT2D eigenvalue weighted by Crippen LogP contribution is 2.34. The Balaban J connectivity index is 2.26. The van der Waals surface area contributed by atoms with Crippen molar-refractivity contribution in [2.75, 3.05) is 6.54 Å². The van der Waals surface area contributed by atoms with Crippen molar-refractivity contribution < 1.29 is 23.1 Å². The molecule has 0 bridgehead atoms. The van der Waals surface area contributed by atoms with E-state index in [4.69, 9.17) is 10.5 Å². The van der Waals surface area contributed by atoms with E-state index < -0.39 is 36.7 Å². The van der Waals surface area contributed by atoms with Gasteiger partial charge in [-0.25, -0.2) is 0 Å². The molecule has 0 aliphatic rings. The van der Waals surface area contributed by atoms with Crippen molar-refractivity contribution in [2.24, 2.45) is 5.73 Å². The van der Waals surface area contributed by atoms with Gasteiger partial charge in [0.25, 0.3) is 0 Å². The van der Waals surface area contributed by atoms with Crippen molar-refractivity contribution in [3.8, 4) is 0 Å². The van der Waals surface area contributed by atoms with Gasteiger partial charge in [-0.3, -0.25) is 9.59 Å². The molecule has 1 unspecified atom stereocenters. The van der Waals surface area contributed by atoms with Crippen molar-refractivity contribution in [1.29, 1.82) is 0 Å². The normalized spacial score (nSPS) is 12.5. The molecule has 0 radical (unpaired) electrons. The monoisotopic (exact) mass is 347 g/mol. The molecule has 2 N–H and O–H groups in total. The Hall–Kier alpha value is -2.60. The van der Waals surface area contributed by atoms with E-state index in [1.807, 2.05) is 6.92 Å². The van der Waals surface area contributed by atoms with Crippen molar-refractivity contribution in [3.05, 3.63) is 71.3 Å². The number of carbonyl (C=O) groups excluding carboxylic acids is 2. The number of aryl methyl sites for hydroxylation is 1. The SMILES string of the molecule is Cc1ccc(C(CC(F)(F)C(=O)c2ccccc2)OC(=O)CN)cc1. The van der Waals surface area contributed by atoms with E-state index in [9.17, 15) is 18.4 Å². The third-order valence-electron chi connectivity index (χ3n) is 3.70. The number of hydrogen-bond acceptors (Lipinski definition) is 4. The number of hydrogen-bond donors (Lipinski definition) is 1. The van der Waals surface area contributed by atoms with Gasteiger partial charge in [-0.1, -0.05) is 60.2 Å². The third kappa shape index (κ3) is 4.93. The first kappa shape index (κ1) is 18.7. The molecule has 132 valence electrons. The van der Waals surface area contributed by atoms with Crippen molar-refractivity contribution in [3.63, 3.8) is 0 Å². The number of esters is 1. The molecule has 1 atom stereocenters. The summed E-state index contributed by atoms with van der Waals surface area (Å²) in [7, 11) is 0. The highest BCUT2D eigenvalue weighted by molar-refractivity contribution is 6.01. The lowest BCUT2D eigenvalue weighted by Crippen LogP contribution is -2.33. The molecule has 0 fully saturated rings. The number of halogens is 2. The van der Waals surface area contributed by atoms with E-state index >= 15 is 0 Å². The van der Waals surface area contributed by atoms with Crippen LogP contribution in [0.15, 0.2) is 54.6 Å². The molecule has 0 heterocycles. The van der Waals surface area contributed by atoms with E-state index in [2.05, 4.69) is 0 Å². The second-order valence-corrected chi connectivity index (χ2v) is 5.70. The molecular formula is C19H19F2NO3. The first-order valence-corrected chi connectivity index (χ1v) is 7.77. The summed E-state index contributed by atoms with van der Waals surface area (Å²) in [5.74, 6) is -5.81. The third-order valence-corrected chi connectivity index (χ3v) is 3.70. The number of carbonyl (C=O) groups is 2. The van der Waals surface area contributed by atoms with Gasteiger partial charge in [-0.15, -0.1) is 0 Å². The molecule has 25 heavy (non-hydrogen) atoms. The quantitative estimate of drug-likeness (QED) is 0.615. The van der Waals surface area contributed by atoms with Gasteiger partial charge < -0.3 is 10.5 Å². The Morgan fingerprint density at radius 2 is 1.68 bits per heavy atom. The average molecular weight is 347 g/mol. The van der Waals surface area contributed by atoms with Crippen LogP contribution in [0.3, 0.4) is 0 Å². The molecule has 0 saturated carbocycles. The summed E-state index contributed by atoms with van der Waals surface area (Å²) in [5.41, 5.74) is 6.42. The zero-order chi connectivity index (χ0) is 18.4. The molecule has 0 aliphatic carbocycles. The molecule has 0 aliphatic heterocycles. The highest BCUT2D eigenvalue weighted by Gasteiger charge is 2.43. The zero-order valence-electron chi connectivity index (χ0n) is 13.7. The lowest BCUT2D eigenvalue weighted by atomic mass is 9.96. The van der Waals surface area contributed by atoms with Crippen LogP contribution in [0.25, 0.3) is 0 Å². The topological polar surface area (TPSA) is 69.4 Å². The summed E-state index contributed by atoms with van der Waals surface area (Å²) in [6.45, 7) is 1.42. The van der Waals surface area contributed by atoms with Crippen molar-refractivity contribution >= 4 is 11.8 Å². The van der Waals surface area contributed by atoms with Gasteiger partial charge in [0.2, 0.25) is 5.78 Å². The van der Waals surface area contributed by atoms with Crippen LogP contribution >= 0.6 is 0 Å². The number of nitrogens with two attached hydrogens (primary N) is 1. The average Bonchev–Trinajstić information content (AvgIpc) is 2.61. The lowest BCUT2D eigenvalue weighted by molar-refractivity contribution is -0.151. The minimum atomic E-state index is -3.69. The number of ether oxygens (including phenoxy) is 1. The van der Waals surface area contributed by atoms with Crippen LogP contribution in [-0.2, 0) is 9.53 Å². The predicted octanol–water partition coefficient (Wildman–Crippen LogP) is 3.45. The summed E-state index contributed by atoms with van der Waals surface area (Å²) < 4.78 is 34.1. The molecule has 0 aromatic heterocycles. The number of Topliss-reactive ketones (excluding diaryl/α,β-unsaturated/α-hetero) is 1. The fraction of sp³-hybridized carbons (Fsp3) is 0.263. The second kappa shape index (κ2) is 7.98.